The zero-order valence-corrected chi connectivity index (χ0v) is 26.6. The summed E-state index contributed by atoms with van der Waals surface area (Å²) in [5.74, 6) is -1.38. The highest BCUT2D eigenvalue weighted by Crippen LogP contribution is 2.32. The van der Waals surface area contributed by atoms with Gasteiger partial charge in [0.25, 0.3) is 10.0 Å². The third-order valence-electron chi connectivity index (χ3n) is 7.15. The van der Waals surface area contributed by atoms with Crippen molar-refractivity contribution in [2.45, 2.75) is 37.2 Å². The Morgan fingerprint density at radius 2 is 1.58 bits per heavy atom. The number of halogens is 2. The second-order valence-corrected chi connectivity index (χ2v) is 12.5. The second-order valence-electron chi connectivity index (χ2n) is 10.3. The van der Waals surface area contributed by atoms with Crippen molar-refractivity contribution < 1.29 is 27.1 Å². The van der Waals surface area contributed by atoms with Crippen molar-refractivity contribution in [2.75, 3.05) is 24.5 Å². The van der Waals surface area contributed by atoms with Gasteiger partial charge in [0.05, 0.1) is 22.7 Å². The summed E-state index contributed by atoms with van der Waals surface area (Å²) in [5, 5.41) is 3.00. The zero-order valence-electron chi connectivity index (χ0n) is 25.0. The number of rotatable bonds is 14. The maximum absolute atomic E-state index is 15.0. The topological polar surface area (TPSA) is 96.0 Å². The molecule has 4 rings (SSSR count). The number of carbonyl (C=O) groups excluding carboxylic acids is 2. The molecule has 0 saturated heterocycles. The Balaban J connectivity index is 1.82. The Hall–Kier alpha value is -4.41. The fourth-order valence-corrected chi connectivity index (χ4v) is 6.47. The maximum Gasteiger partial charge on any atom is 0.264 e. The Morgan fingerprint density at radius 3 is 2.20 bits per heavy atom. The standard InChI is InChI=1S/C34H35ClFN3O5S/c1-3-20-37-34(41)31(21-25-12-6-4-7-13-25)38(23-26-14-10-11-17-30(26)36)33(40)24-39(27-18-19-32(44-2)29(35)22-27)45(42,43)28-15-8-5-9-16-28/h4-19,22,31H,3,20-21,23-24H2,1-2H3,(H,37,41). The van der Waals surface area contributed by atoms with E-state index in [1.165, 1.54) is 60.5 Å². The number of anilines is 1. The largest absolute Gasteiger partial charge is 0.495 e. The van der Waals surface area contributed by atoms with Crippen LogP contribution in [0.5, 0.6) is 5.75 Å². The maximum atomic E-state index is 15.0. The Kier molecular flexibility index (Phi) is 11.6. The highest BCUT2D eigenvalue weighted by Gasteiger charge is 2.35. The molecule has 0 aromatic heterocycles. The van der Waals surface area contributed by atoms with Gasteiger partial charge in [-0.2, -0.15) is 0 Å². The van der Waals surface area contributed by atoms with E-state index in [-0.39, 0.29) is 34.1 Å². The number of hydrogen-bond donors (Lipinski definition) is 1. The van der Waals surface area contributed by atoms with Crippen LogP contribution in [0, 0.1) is 5.82 Å². The van der Waals surface area contributed by atoms with Crippen LogP contribution in [0.15, 0.2) is 108 Å². The number of amides is 2. The van der Waals surface area contributed by atoms with Crippen LogP contribution in [0.4, 0.5) is 10.1 Å². The smallest absolute Gasteiger partial charge is 0.264 e. The SMILES string of the molecule is CCCNC(=O)C(Cc1ccccc1)N(Cc1ccccc1F)C(=O)CN(c1ccc(OC)c(Cl)c1)S(=O)(=O)c1ccccc1. The number of hydrogen-bond acceptors (Lipinski definition) is 5. The molecule has 2 amide bonds. The highest BCUT2D eigenvalue weighted by molar-refractivity contribution is 7.92. The van der Waals surface area contributed by atoms with Crippen molar-refractivity contribution in [1.29, 1.82) is 0 Å². The molecule has 0 saturated carbocycles. The summed E-state index contributed by atoms with van der Waals surface area (Å²) in [6.07, 6.45) is 0.781. The minimum atomic E-state index is -4.31. The fourth-order valence-electron chi connectivity index (χ4n) is 4.79. The van der Waals surface area contributed by atoms with E-state index in [4.69, 9.17) is 16.3 Å². The van der Waals surface area contributed by atoms with E-state index < -0.39 is 40.2 Å². The van der Waals surface area contributed by atoms with Gasteiger partial charge in [0, 0.05) is 25.1 Å². The van der Waals surface area contributed by atoms with Crippen LogP contribution in [-0.2, 0) is 32.6 Å². The van der Waals surface area contributed by atoms with Gasteiger partial charge in [-0.3, -0.25) is 13.9 Å². The first-order chi connectivity index (χ1) is 21.6. The second kappa shape index (κ2) is 15.5. The summed E-state index contributed by atoms with van der Waals surface area (Å²) in [6, 6.07) is 26.1. The van der Waals surface area contributed by atoms with Gasteiger partial charge in [-0.15, -0.1) is 0 Å². The molecule has 0 radical (unpaired) electrons. The molecule has 1 N–H and O–H groups in total. The summed E-state index contributed by atoms with van der Waals surface area (Å²) in [6.45, 7) is 1.30. The van der Waals surface area contributed by atoms with Crippen molar-refractivity contribution in [3.8, 4) is 5.75 Å². The lowest BCUT2D eigenvalue weighted by molar-refractivity contribution is -0.140. The molecule has 0 aliphatic heterocycles. The Labute approximate surface area is 268 Å². The average Bonchev–Trinajstić information content (AvgIpc) is 3.05. The molecule has 1 unspecified atom stereocenters. The first-order valence-corrected chi connectivity index (χ1v) is 16.2. The van der Waals surface area contributed by atoms with Crippen LogP contribution in [0.3, 0.4) is 0 Å². The van der Waals surface area contributed by atoms with Gasteiger partial charge in [-0.05, 0) is 48.4 Å². The molecule has 236 valence electrons. The molecule has 45 heavy (non-hydrogen) atoms. The van der Waals surface area contributed by atoms with E-state index in [1.54, 1.807) is 24.3 Å². The van der Waals surface area contributed by atoms with Crippen molar-refractivity contribution in [3.63, 3.8) is 0 Å². The van der Waals surface area contributed by atoms with Gasteiger partial charge in [0.2, 0.25) is 11.8 Å². The summed E-state index contributed by atoms with van der Waals surface area (Å²) in [4.78, 5) is 29.2. The lowest BCUT2D eigenvalue weighted by Crippen LogP contribution is -2.53. The number of sulfonamides is 1. The average molecular weight is 652 g/mol. The van der Waals surface area contributed by atoms with Crippen molar-refractivity contribution >= 4 is 39.1 Å². The molecule has 4 aromatic carbocycles. The Morgan fingerprint density at radius 1 is 0.933 bits per heavy atom. The van der Waals surface area contributed by atoms with Crippen molar-refractivity contribution in [2.24, 2.45) is 0 Å². The van der Waals surface area contributed by atoms with Crippen LogP contribution in [0.1, 0.15) is 24.5 Å². The quantitative estimate of drug-likeness (QED) is 0.185. The van der Waals surface area contributed by atoms with E-state index in [9.17, 15) is 22.4 Å². The summed E-state index contributed by atoms with van der Waals surface area (Å²) >= 11 is 6.39. The molecule has 0 aliphatic rings. The monoisotopic (exact) mass is 651 g/mol. The van der Waals surface area contributed by atoms with Crippen molar-refractivity contribution in [3.05, 3.63) is 125 Å². The molecule has 8 nitrogen and oxygen atoms in total. The normalized spacial score (nSPS) is 11.8. The molecule has 11 heteroatoms. The molecule has 4 aromatic rings. The predicted molar refractivity (Wildman–Crippen MR) is 173 cm³/mol. The number of methoxy groups -OCH3 is 1. The van der Waals surface area contributed by atoms with Crippen LogP contribution in [-0.4, -0.2) is 51.4 Å². The molecular formula is C34H35ClFN3O5S. The van der Waals surface area contributed by atoms with E-state index in [2.05, 4.69) is 5.32 Å². The minimum Gasteiger partial charge on any atom is -0.495 e. The lowest BCUT2D eigenvalue weighted by atomic mass is 10.0. The van der Waals surface area contributed by atoms with Crippen LogP contribution in [0.25, 0.3) is 0 Å². The predicted octanol–water partition coefficient (Wildman–Crippen LogP) is 5.85. The summed E-state index contributed by atoms with van der Waals surface area (Å²) < 4.78 is 49.3. The van der Waals surface area contributed by atoms with Gasteiger partial charge >= 0.3 is 0 Å². The molecule has 0 heterocycles. The number of nitrogens with zero attached hydrogens (tertiary/aromatic N) is 2. The third-order valence-corrected chi connectivity index (χ3v) is 9.24. The lowest BCUT2D eigenvalue weighted by Gasteiger charge is -2.34. The number of ether oxygens (including phenoxy) is 1. The van der Waals surface area contributed by atoms with Gasteiger partial charge in [-0.1, -0.05) is 85.3 Å². The number of benzene rings is 4. The molecule has 0 aliphatic carbocycles. The molecule has 0 fully saturated rings. The van der Waals surface area contributed by atoms with E-state index >= 15 is 0 Å². The minimum absolute atomic E-state index is 0.0491. The highest BCUT2D eigenvalue weighted by atomic mass is 35.5. The molecule has 1 atom stereocenters. The first-order valence-electron chi connectivity index (χ1n) is 14.4. The van der Waals surface area contributed by atoms with Crippen LogP contribution in [0.2, 0.25) is 5.02 Å². The van der Waals surface area contributed by atoms with Crippen molar-refractivity contribution in [1.82, 2.24) is 10.2 Å². The third kappa shape index (κ3) is 8.40. The van der Waals surface area contributed by atoms with Gasteiger partial charge < -0.3 is 15.0 Å². The fraction of sp³-hybridized carbons (Fsp3) is 0.235. The molecular weight excluding hydrogens is 617 g/mol. The first kappa shape index (κ1) is 33.5. The van der Waals surface area contributed by atoms with Crippen LogP contribution >= 0.6 is 11.6 Å². The van der Waals surface area contributed by atoms with E-state index in [0.717, 1.165) is 9.87 Å². The van der Waals surface area contributed by atoms with Gasteiger partial charge in [0.1, 0.15) is 24.2 Å². The molecule has 0 spiro atoms. The molecule has 0 bridgehead atoms. The number of carbonyl (C=O) groups is 2. The Bertz CT molecular complexity index is 1710. The number of nitrogens with one attached hydrogen (secondary N) is 1. The van der Waals surface area contributed by atoms with Gasteiger partial charge in [0.15, 0.2) is 0 Å². The zero-order chi connectivity index (χ0) is 32.4. The van der Waals surface area contributed by atoms with E-state index in [1.807, 2.05) is 37.3 Å². The van der Waals surface area contributed by atoms with E-state index in [0.29, 0.717) is 18.7 Å². The van der Waals surface area contributed by atoms with Gasteiger partial charge in [-0.25, -0.2) is 12.8 Å². The summed E-state index contributed by atoms with van der Waals surface area (Å²) in [7, 11) is -2.88. The summed E-state index contributed by atoms with van der Waals surface area (Å²) in [5.41, 5.74) is 1.06. The van der Waals surface area contributed by atoms with Crippen LogP contribution < -0.4 is 14.4 Å².